The minimum atomic E-state index is -0.573. The molecule has 0 bridgehead atoms. The second-order valence-electron chi connectivity index (χ2n) is 3.01. The Labute approximate surface area is 83.1 Å². The van der Waals surface area contributed by atoms with Gasteiger partial charge in [-0.3, -0.25) is 4.79 Å². The van der Waals surface area contributed by atoms with E-state index in [9.17, 15) is 4.79 Å². The minimum absolute atomic E-state index is 0.0899. The monoisotopic (exact) mass is 197 g/mol. The molecule has 0 saturated heterocycles. The van der Waals surface area contributed by atoms with Gasteiger partial charge in [-0.05, 0) is 5.56 Å². The van der Waals surface area contributed by atoms with Crippen molar-refractivity contribution in [3.8, 4) is 0 Å². The van der Waals surface area contributed by atoms with Gasteiger partial charge in [0.1, 0.15) is 5.38 Å². The summed E-state index contributed by atoms with van der Waals surface area (Å²) in [4.78, 5) is 12.9. The molecule has 0 N–H and O–H groups in total. The predicted octanol–water partition coefficient (Wildman–Crippen LogP) is 2.05. The van der Waals surface area contributed by atoms with Crippen molar-refractivity contribution in [2.75, 3.05) is 14.1 Å². The molecule has 0 spiro atoms. The molecule has 1 atom stereocenters. The Kier molecular flexibility index (Phi) is 3.32. The van der Waals surface area contributed by atoms with E-state index in [4.69, 9.17) is 11.6 Å². The van der Waals surface area contributed by atoms with Gasteiger partial charge >= 0.3 is 0 Å². The standard InChI is InChI=1S/C10H12ClNO/c1-12(2)10(13)9(11)8-6-4-3-5-7-8/h3-7,9H,1-2H3/t9-/m1/s1. The lowest BCUT2D eigenvalue weighted by molar-refractivity contribution is -0.128. The van der Waals surface area contributed by atoms with Crippen LogP contribution in [0.3, 0.4) is 0 Å². The molecule has 13 heavy (non-hydrogen) atoms. The lowest BCUT2D eigenvalue weighted by Gasteiger charge is -2.14. The van der Waals surface area contributed by atoms with Gasteiger partial charge in [-0.15, -0.1) is 11.6 Å². The van der Waals surface area contributed by atoms with Crippen LogP contribution in [-0.2, 0) is 4.79 Å². The number of carbonyl (C=O) groups is 1. The fourth-order valence-corrected chi connectivity index (χ4v) is 1.33. The van der Waals surface area contributed by atoms with Crippen LogP contribution in [0.1, 0.15) is 10.9 Å². The van der Waals surface area contributed by atoms with E-state index in [1.165, 1.54) is 4.90 Å². The molecule has 0 unspecified atom stereocenters. The van der Waals surface area contributed by atoms with E-state index in [0.717, 1.165) is 5.56 Å². The number of carbonyl (C=O) groups excluding carboxylic acids is 1. The highest BCUT2D eigenvalue weighted by atomic mass is 35.5. The van der Waals surface area contributed by atoms with E-state index in [0.29, 0.717) is 0 Å². The molecule has 1 aromatic rings. The Morgan fingerprint density at radius 2 is 1.85 bits per heavy atom. The van der Waals surface area contributed by atoms with Crippen LogP contribution >= 0.6 is 11.6 Å². The van der Waals surface area contributed by atoms with Gasteiger partial charge in [-0.25, -0.2) is 0 Å². The molecule has 0 heterocycles. The summed E-state index contributed by atoms with van der Waals surface area (Å²) in [5, 5.41) is -0.573. The zero-order chi connectivity index (χ0) is 9.84. The van der Waals surface area contributed by atoms with Crippen LogP contribution in [0.5, 0.6) is 0 Å². The maximum Gasteiger partial charge on any atom is 0.244 e. The Morgan fingerprint density at radius 1 is 1.31 bits per heavy atom. The summed E-state index contributed by atoms with van der Waals surface area (Å²) in [7, 11) is 3.39. The molecule has 3 heteroatoms. The minimum Gasteiger partial charge on any atom is -0.347 e. The summed E-state index contributed by atoms with van der Waals surface area (Å²) < 4.78 is 0. The van der Waals surface area contributed by atoms with Crippen molar-refractivity contribution >= 4 is 17.5 Å². The molecule has 1 amide bonds. The molecular weight excluding hydrogens is 186 g/mol. The van der Waals surface area contributed by atoms with E-state index in [2.05, 4.69) is 0 Å². The molecule has 0 fully saturated rings. The zero-order valence-corrected chi connectivity index (χ0v) is 8.45. The molecule has 0 saturated carbocycles. The number of nitrogens with zero attached hydrogens (tertiary/aromatic N) is 1. The van der Waals surface area contributed by atoms with Crippen molar-refractivity contribution in [1.29, 1.82) is 0 Å². The van der Waals surface area contributed by atoms with Crippen LogP contribution < -0.4 is 0 Å². The summed E-state index contributed by atoms with van der Waals surface area (Å²) in [6.07, 6.45) is 0. The van der Waals surface area contributed by atoms with E-state index in [1.54, 1.807) is 14.1 Å². The SMILES string of the molecule is CN(C)C(=O)[C@H](Cl)c1ccccc1. The first-order chi connectivity index (χ1) is 6.13. The van der Waals surface area contributed by atoms with Crippen LogP contribution in [-0.4, -0.2) is 24.9 Å². The quantitative estimate of drug-likeness (QED) is 0.665. The number of amides is 1. The van der Waals surface area contributed by atoms with Crippen molar-refractivity contribution in [3.05, 3.63) is 35.9 Å². The van der Waals surface area contributed by atoms with Crippen LogP contribution in [0, 0.1) is 0 Å². The van der Waals surface area contributed by atoms with E-state index in [-0.39, 0.29) is 5.91 Å². The topological polar surface area (TPSA) is 20.3 Å². The van der Waals surface area contributed by atoms with E-state index < -0.39 is 5.38 Å². The van der Waals surface area contributed by atoms with Crippen molar-refractivity contribution in [2.24, 2.45) is 0 Å². The van der Waals surface area contributed by atoms with Crippen molar-refractivity contribution in [3.63, 3.8) is 0 Å². The van der Waals surface area contributed by atoms with Gasteiger partial charge in [-0.2, -0.15) is 0 Å². The average Bonchev–Trinajstić information content (AvgIpc) is 2.17. The number of rotatable bonds is 2. The molecular formula is C10H12ClNO. The number of halogens is 1. The Hall–Kier alpha value is -1.02. The summed E-state index contributed by atoms with van der Waals surface area (Å²) in [5.41, 5.74) is 0.836. The molecule has 70 valence electrons. The first kappa shape index (κ1) is 10.1. The third-order valence-corrected chi connectivity index (χ3v) is 2.19. The third kappa shape index (κ3) is 2.46. The van der Waals surface area contributed by atoms with Gasteiger partial charge in [0, 0.05) is 14.1 Å². The smallest absolute Gasteiger partial charge is 0.244 e. The number of hydrogen-bond acceptors (Lipinski definition) is 1. The normalized spacial score (nSPS) is 12.2. The molecule has 1 rings (SSSR count). The van der Waals surface area contributed by atoms with Gasteiger partial charge in [0.05, 0.1) is 0 Å². The number of likely N-dealkylation sites (N-methyl/N-ethyl adjacent to an activating group) is 1. The first-order valence-corrected chi connectivity index (χ1v) is 4.46. The second kappa shape index (κ2) is 4.28. The highest BCUT2D eigenvalue weighted by Gasteiger charge is 2.18. The van der Waals surface area contributed by atoms with Crippen LogP contribution in [0.4, 0.5) is 0 Å². The van der Waals surface area contributed by atoms with Crippen molar-refractivity contribution < 1.29 is 4.79 Å². The summed E-state index contributed by atoms with van der Waals surface area (Å²) in [6.45, 7) is 0. The van der Waals surface area contributed by atoms with Crippen molar-refractivity contribution in [2.45, 2.75) is 5.38 Å². The molecule has 0 aliphatic heterocycles. The molecule has 2 nitrogen and oxygen atoms in total. The van der Waals surface area contributed by atoms with E-state index >= 15 is 0 Å². The lowest BCUT2D eigenvalue weighted by Crippen LogP contribution is -2.25. The Balaban J connectivity index is 2.80. The number of alkyl halides is 1. The maximum absolute atomic E-state index is 11.4. The lowest BCUT2D eigenvalue weighted by atomic mass is 10.1. The fraction of sp³-hybridized carbons (Fsp3) is 0.300. The van der Waals surface area contributed by atoms with Crippen molar-refractivity contribution in [1.82, 2.24) is 4.90 Å². The highest BCUT2D eigenvalue weighted by Crippen LogP contribution is 2.21. The average molecular weight is 198 g/mol. The number of hydrogen-bond donors (Lipinski definition) is 0. The van der Waals surface area contributed by atoms with Gasteiger partial charge in [0.25, 0.3) is 0 Å². The molecule has 0 radical (unpaired) electrons. The van der Waals surface area contributed by atoms with Gasteiger partial charge < -0.3 is 4.90 Å². The predicted molar refractivity (Wildman–Crippen MR) is 53.7 cm³/mol. The molecule has 0 aromatic heterocycles. The Bertz CT molecular complexity index is 284. The van der Waals surface area contributed by atoms with Crippen LogP contribution in [0.25, 0.3) is 0 Å². The summed E-state index contributed by atoms with van der Waals surface area (Å²) >= 11 is 5.96. The van der Waals surface area contributed by atoms with Gasteiger partial charge in [-0.1, -0.05) is 30.3 Å². The first-order valence-electron chi connectivity index (χ1n) is 4.03. The maximum atomic E-state index is 11.4. The summed E-state index contributed by atoms with van der Waals surface area (Å²) in [6, 6.07) is 9.33. The fourth-order valence-electron chi connectivity index (χ4n) is 0.991. The largest absolute Gasteiger partial charge is 0.347 e. The number of benzene rings is 1. The Morgan fingerprint density at radius 3 is 2.31 bits per heavy atom. The van der Waals surface area contributed by atoms with E-state index in [1.807, 2.05) is 30.3 Å². The second-order valence-corrected chi connectivity index (χ2v) is 3.44. The van der Waals surface area contributed by atoms with Gasteiger partial charge in [0.15, 0.2) is 0 Å². The van der Waals surface area contributed by atoms with Crippen LogP contribution in [0.2, 0.25) is 0 Å². The zero-order valence-electron chi connectivity index (χ0n) is 7.70. The molecule has 1 aromatic carbocycles. The third-order valence-electron chi connectivity index (χ3n) is 1.75. The van der Waals surface area contributed by atoms with Crippen LogP contribution in [0.15, 0.2) is 30.3 Å². The molecule has 0 aliphatic carbocycles. The molecule has 0 aliphatic rings. The summed E-state index contributed by atoms with van der Waals surface area (Å²) in [5.74, 6) is -0.0899. The van der Waals surface area contributed by atoms with Gasteiger partial charge in [0.2, 0.25) is 5.91 Å². The highest BCUT2D eigenvalue weighted by molar-refractivity contribution is 6.30.